The highest BCUT2D eigenvalue weighted by Gasteiger charge is 2.10. The summed E-state index contributed by atoms with van der Waals surface area (Å²) in [4.78, 5) is 25.7. The van der Waals surface area contributed by atoms with Crippen molar-refractivity contribution in [2.75, 3.05) is 11.9 Å². The Morgan fingerprint density at radius 3 is 2.74 bits per heavy atom. The van der Waals surface area contributed by atoms with Gasteiger partial charge in [-0.25, -0.2) is 4.79 Å². The molecule has 0 saturated heterocycles. The van der Waals surface area contributed by atoms with E-state index in [4.69, 9.17) is 4.74 Å². The topological polar surface area (TPSA) is 114 Å². The van der Waals surface area contributed by atoms with Crippen molar-refractivity contribution >= 4 is 23.4 Å². The molecule has 2 N–H and O–H groups in total. The Morgan fingerprint density at radius 2 is 2.04 bits per heavy atom. The number of nitrogens with one attached hydrogen (secondary N) is 2. The number of carbonyl (C=O) groups is 1. The summed E-state index contributed by atoms with van der Waals surface area (Å²) in [5.41, 5.74) is 1.15. The summed E-state index contributed by atoms with van der Waals surface area (Å²) >= 11 is 0. The SMILES string of the molecule is CCOC(=O)c1ccc(Nc2nnc3[nH]c(=O)c(C)nn23)cc1. The number of H-pyrrole nitrogens is 1. The number of aromatic nitrogens is 5. The molecule has 9 nitrogen and oxygen atoms in total. The molecular formula is C14H14N6O3. The molecule has 0 radical (unpaired) electrons. The first-order valence-corrected chi connectivity index (χ1v) is 6.95. The van der Waals surface area contributed by atoms with Gasteiger partial charge in [0.1, 0.15) is 5.69 Å². The number of fused-ring (bicyclic) bond motifs is 1. The second kappa shape index (κ2) is 5.87. The Bertz CT molecular complexity index is 912. The van der Waals surface area contributed by atoms with Crippen LogP contribution >= 0.6 is 0 Å². The zero-order valence-electron chi connectivity index (χ0n) is 12.5. The van der Waals surface area contributed by atoms with Crippen molar-refractivity contribution in [2.45, 2.75) is 13.8 Å². The molecule has 9 heteroatoms. The van der Waals surface area contributed by atoms with E-state index in [9.17, 15) is 9.59 Å². The van der Waals surface area contributed by atoms with Crippen molar-refractivity contribution in [2.24, 2.45) is 0 Å². The van der Waals surface area contributed by atoms with Crippen LogP contribution in [0, 0.1) is 6.92 Å². The van der Waals surface area contributed by atoms with Gasteiger partial charge in [0.25, 0.3) is 17.3 Å². The van der Waals surface area contributed by atoms with Crippen LogP contribution in [0.1, 0.15) is 23.0 Å². The lowest BCUT2D eigenvalue weighted by molar-refractivity contribution is 0.0526. The fraction of sp³-hybridized carbons (Fsp3) is 0.214. The highest BCUT2D eigenvalue weighted by atomic mass is 16.5. The Morgan fingerprint density at radius 1 is 1.30 bits per heavy atom. The lowest BCUT2D eigenvalue weighted by Gasteiger charge is -2.05. The number of ether oxygens (including phenoxy) is 1. The molecule has 0 amide bonds. The van der Waals surface area contributed by atoms with Gasteiger partial charge in [-0.1, -0.05) is 0 Å². The minimum absolute atomic E-state index is 0.242. The van der Waals surface area contributed by atoms with E-state index < -0.39 is 0 Å². The smallest absolute Gasteiger partial charge is 0.338 e. The van der Waals surface area contributed by atoms with Crippen LogP contribution < -0.4 is 10.9 Å². The maximum atomic E-state index is 11.6. The summed E-state index contributed by atoms with van der Waals surface area (Å²) < 4.78 is 6.32. The van der Waals surface area contributed by atoms with Crippen molar-refractivity contribution < 1.29 is 9.53 Å². The van der Waals surface area contributed by atoms with Crippen molar-refractivity contribution in [1.29, 1.82) is 0 Å². The molecule has 1 aromatic carbocycles. The number of aromatic amines is 1. The molecular weight excluding hydrogens is 300 g/mol. The van der Waals surface area contributed by atoms with Crippen LogP contribution in [0.5, 0.6) is 0 Å². The first-order valence-electron chi connectivity index (χ1n) is 6.95. The highest BCUT2D eigenvalue weighted by Crippen LogP contribution is 2.15. The molecule has 0 aliphatic rings. The van der Waals surface area contributed by atoms with Gasteiger partial charge in [-0.2, -0.15) is 9.61 Å². The average Bonchev–Trinajstić information content (AvgIpc) is 2.91. The molecule has 0 aliphatic heterocycles. The Balaban J connectivity index is 1.86. The second-order valence-corrected chi connectivity index (χ2v) is 4.72. The zero-order valence-corrected chi connectivity index (χ0v) is 12.5. The van der Waals surface area contributed by atoms with Crippen molar-refractivity contribution in [3.8, 4) is 0 Å². The molecule has 0 fully saturated rings. The van der Waals surface area contributed by atoms with Crippen LogP contribution in [0.3, 0.4) is 0 Å². The molecule has 2 heterocycles. The normalized spacial score (nSPS) is 10.7. The molecule has 3 aromatic rings. The molecule has 0 spiro atoms. The summed E-state index contributed by atoms with van der Waals surface area (Å²) in [5.74, 6) is 0.219. The minimum atomic E-state index is -0.373. The van der Waals surface area contributed by atoms with Crippen molar-refractivity contribution in [3.05, 3.63) is 45.9 Å². The van der Waals surface area contributed by atoms with E-state index in [0.29, 0.717) is 29.5 Å². The largest absolute Gasteiger partial charge is 0.462 e. The summed E-state index contributed by atoms with van der Waals surface area (Å²) in [6.07, 6.45) is 0. The predicted molar refractivity (Wildman–Crippen MR) is 81.8 cm³/mol. The number of benzene rings is 1. The molecule has 118 valence electrons. The fourth-order valence-corrected chi connectivity index (χ4v) is 1.95. The van der Waals surface area contributed by atoms with Crippen LogP contribution in [0.2, 0.25) is 0 Å². The van der Waals surface area contributed by atoms with Crippen LogP contribution in [0.4, 0.5) is 11.6 Å². The van der Waals surface area contributed by atoms with E-state index in [1.165, 1.54) is 4.52 Å². The third kappa shape index (κ3) is 2.89. The molecule has 0 saturated carbocycles. The summed E-state index contributed by atoms with van der Waals surface area (Å²) in [5, 5.41) is 14.9. The molecule has 0 atom stereocenters. The number of rotatable bonds is 4. The number of hydrogen-bond donors (Lipinski definition) is 2. The van der Waals surface area contributed by atoms with Gasteiger partial charge < -0.3 is 10.1 Å². The predicted octanol–water partition coefficient (Wildman–Crippen LogP) is 1.04. The van der Waals surface area contributed by atoms with Gasteiger partial charge in [-0.15, -0.1) is 10.2 Å². The van der Waals surface area contributed by atoms with Crippen molar-refractivity contribution in [1.82, 2.24) is 24.8 Å². The van der Waals surface area contributed by atoms with E-state index in [2.05, 4.69) is 25.6 Å². The van der Waals surface area contributed by atoms with E-state index in [1.54, 1.807) is 38.1 Å². The molecule has 23 heavy (non-hydrogen) atoms. The van der Waals surface area contributed by atoms with Gasteiger partial charge >= 0.3 is 5.97 Å². The molecule has 0 unspecified atom stereocenters. The van der Waals surface area contributed by atoms with E-state index >= 15 is 0 Å². The Kier molecular flexibility index (Phi) is 3.75. The van der Waals surface area contributed by atoms with Gasteiger partial charge in [0.15, 0.2) is 0 Å². The lowest BCUT2D eigenvalue weighted by Crippen LogP contribution is -2.16. The fourth-order valence-electron chi connectivity index (χ4n) is 1.95. The zero-order chi connectivity index (χ0) is 16.4. The van der Waals surface area contributed by atoms with E-state index in [0.717, 1.165) is 0 Å². The summed E-state index contributed by atoms with van der Waals surface area (Å²) in [7, 11) is 0. The van der Waals surface area contributed by atoms with Gasteiger partial charge in [-0.3, -0.25) is 9.78 Å². The first-order chi connectivity index (χ1) is 11.1. The number of anilines is 2. The Labute approximate surface area is 130 Å². The number of carbonyl (C=O) groups excluding carboxylic acids is 1. The van der Waals surface area contributed by atoms with Crippen LogP contribution in [0.25, 0.3) is 5.78 Å². The summed E-state index contributed by atoms with van der Waals surface area (Å²) in [6, 6.07) is 6.71. The van der Waals surface area contributed by atoms with Crippen molar-refractivity contribution in [3.63, 3.8) is 0 Å². The lowest BCUT2D eigenvalue weighted by atomic mass is 10.2. The molecule has 3 rings (SSSR count). The van der Waals surface area contributed by atoms with Crippen LogP contribution in [-0.4, -0.2) is 37.4 Å². The van der Waals surface area contributed by atoms with E-state index in [1.807, 2.05) is 0 Å². The maximum Gasteiger partial charge on any atom is 0.338 e. The van der Waals surface area contributed by atoms with Crippen LogP contribution in [0.15, 0.2) is 29.1 Å². The standard InChI is InChI=1S/C14H14N6O3/c1-3-23-12(22)9-4-6-10(7-5-9)15-13-17-18-14-16-11(21)8(2)19-20(13)14/h4-7H,3H2,1-2H3,(H,15,17)(H,16,18,21). The number of aryl methyl sites for hydroxylation is 1. The van der Waals surface area contributed by atoms with Gasteiger partial charge in [0.2, 0.25) is 0 Å². The molecule has 0 aliphatic carbocycles. The van der Waals surface area contributed by atoms with E-state index in [-0.39, 0.29) is 17.3 Å². The van der Waals surface area contributed by atoms with Gasteiger partial charge in [0, 0.05) is 5.69 Å². The highest BCUT2D eigenvalue weighted by molar-refractivity contribution is 5.89. The quantitative estimate of drug-likeness (QED) is 0.691. The number of nitrogens with zero attached hydrogens (tertiary/aromatic N) is 4. The minimum Gasteiger partial charge on any atom is -0.462 e. The Hall–Kier alpha value is -3.23. The summed E-state index contributed by atoms with van der Waals surface area (Å²) in [6.45, 7) is 3.67. The third-order valence-corrected chi connectivity index (χ3v) is 3.10. The van der Waals surface area contributed by atoms with Crippen LogP contribution in [-0.2, 0) is 4.74 Å². The molecule has 0 bridgehead atoms. The van der Waals surface area contributed by atoms with Gasteiger partial charge in [0.05, 0.1) is 12.2 Å². The number of esters is 1. The maximum absolute atomic E-state index is 11.6. The average molecular weight is 314 g/mol. The molecule has 2 aromatic heterocycles. The first kappa shape index (κ1) is 14.7. The third-order valence-electron chi connectivity index (χ3n) is 3.10. The monoisotopic (exact) mass is 314 g/mol. The number of hydrogen-bond acceptors (Lipinski definition) is 7. The van der Waals surface area contributed by atoms with Gasteiger partial charge in [-0.05, 0) is 38.1 Å². The second-order valence-electron chi connectivity index (χ2n) is 4.72.